The zero-order valence-corrected chi connectivity index (χ0v) is 11.3. The molecular formula is C15H19N3O. The molecule has 1 saturated heterocycles. The highest BCUT2D eigenvalue weighted by Crippen LogP contribution is 2.19. The van der Waals surface area contributed by atoms with E-state index in [4.69, 9.17) is 5.26 Å². The van der Waals surface area contributed by atoms with E-state index in [0.717, 1.165) is 31.5 Å². The summed E-state index contributed by atoms with van der Waals surface area (Å²) in [6.07, 6.45) is 4.51. The van der Waals surface area contributed by atoms with Crippen molar-refractivity contribution in [2.24, 2.45) is 0 Å². The lowest BCUT2D eigenvalue weighted by Crippen LogP contribution is -2.35. The second kappa shape index (κ2) is 6.24. The molecule has 0 unspecified atom stereocenters. The van der Waals surface area contributed by atoms with Gasteiger partial charge in [-0.15, -0.1) is 0 Å². The number of nitrogens with zero attached hydrogens (tertiary/aromatic N) is 2. The van der Waals surface area contributed by atoms with Crippen molar-refractivity contribution in [3.8, 4) is 6.07 Å². The van der Waals surface area contributed by atoms with Gasteiger partial charge in [-0.1, -0.05) is 25.0 Å². The Morgan fingerprint density at radius 1 is 1.26 bits per heavy atom. The fourth-order valence-corrected chi connectivity index (χ4v) is 2.39. The van der Waals surface area contributed by atoms with E-state index in [1.807, 2.05) is 24.0 Å². The fourth-order valence-electron chi connectivity index (χ4n) is 2.39. The third-order valence-electron chi connectivity index (χ3n) is 3.52. The molecule has 19 heavy (non-hydrogen) atoms. The van der Waals surface area contributed by atoms with Gasteiger partial charge in [0.25, 0.3) is 0 Å². The van der Waals surface area contributed by atoms with Crippen LogP contribution < -0.4 is 5.32 Å². The van der Waals surface area contributed by atoms with Crippen molar-refractivity contribution in [3.05, 3.63) is 29.3 Å². The van der Waals surface area contributed by atoms with Crippen LogP contribution in [0.2, 0.25) is 0 Å². The van der Waals surface area contributed by atoms with Crippen molar-refractivity contribution in [2.45, 2.75) is 32.6 Å². The second-order valence-electron chi connectivity index (χ2n) is 4.94. The lowest BCUT2D eigenvalue weighted by atomic mass is 10.1. The number of amides is 2. The van der Waals surface area contributed by atoms with Crippen molar-refractivity contribution < 1.29 is 4.79 Å². The first kappa shape index (κ1) is 13.4. The zero-order chi connectivity index (χ0) is 13.7. The molecule has 0 atom stereocenters. The predicted molar refractivity (Wildman–Crippen MR) is 75.0 cm³/mol. The summed E-state index contributed by atoms with van der Waals surface area (Å²) in [5, 5.41) is 12.0. The monoisotopic (exact) mass is 257 g/mol. The highest BCUT2D eigenvalue weighted by molar-refractivity contribution is 5.91. The number of rotatable bonds is 1. The first-order valence-electron chi connectivity index (χ1n) is 6.78. The Balaban J connectivity index is 2.10. The molecule has 1 heterocycles. The number of anilines is 1. The van der Waals surface area contributed by atoms with E-state index in [1.165, 1.54) is 12.8 Å². The number of nitriles is 1. The van der Waals surface area contributed by atoms with Crippen molar-refractivity contribution >= 4 is 11.7 Å². The lowest BCUT2D eigenvalue weighted by molar-refractivity contribution is 0.214. The first-order chi connectivity index (χ1) is 9.22. The standard InChI is InChI=1S/C15H19N3O/c1-12-7-6-8-14(13(12)11-16)17-15(19)18-9-4-2-3-5-10-18/h6-8H,2-5,9-10H2,1H3,(H,17,19). The molecule has 4 nitrogen and oxygen atoms in total. The summed E-state index contributed by atoms with van der Waals surface area (Å²) in [5.74, 6) is 0. The third kappa shape index (κ3) is 3.25. The molecule has 0 saturated carbocycles. The minimum absolute atomic E-state index is 0.0935. The van der Waals surface area contributed by atoms with Crippen LogP contribution in [0, 0.1) is 18.3 Å². The van der Waals surface area contributed by atoms with Crippen LogP contribution >= 0.6 is 0 Å². The predicted octanol–water partition coefficient (Wildman–Crippen LogP) is 3.27. The Bertz CT molecular complexity index is 497. The average Bonchev–Trinajstić information content (AvgIpc) is 2.68. The molecule has 0 aromatic heterocycles. The van der Waals surface area contributed by atoms with Crippen LogP contribution in [0.3, 0.4) is 0 Å². The summed E-state index contributed by atoms with van der Waals surface area (Å²) in [5.41, 5.74) is 2.04. The Labute approximate surface area is 114 Å². The van der Waals surface area contributed by atoms with Crippen LogP contribution in [0.5, 0.6) is 0 Å². The minimum atomic E-state index is -0.0935. The van der Waals surface area contributed by atoms with E-state index in [2.05, 4.69) is 11.4 Å². The topological polar surface area (TPSA) is 56.1 Å². The molecule has 1 aromatic rings. The van der Waals surface area contributed by atoms with E-state index in [0.29, 0.717) is 11.3 Å². The van der Waals surface area contributed by atoms with E-state index in [-0.39, 0.29) is 6.03 Å². The molecule has 0 bridgehead atoms. The van der Waals surface area contributed by atoms with Gasteiger partial charge in [-0.3, -0.25) is 0 Å². The van der Waals surface area contributed by atoms with Crippen molar-refractivity contribution in [3.63, 3.8) is 0 Å². The molecule has 1 aliphatic rings. The van der Waals surface area contributed by atoms with E-state index in [9.17, 15) is 4.79 Å². The van der Waals surface area contributed by atoms with Gasteiger partial charge in [-0.05, 0) is 31.4 Å². The van der Waals surface area contributed by atoms with Crippen LogP contribution in [0.25, 0.3) is 0 Å². The maximum atomic E-state index is 12.2. The Morgan fingerprint density at radius 2 is 1.95 bits per heavy atom. The molecule has 1 aliphatic heterocycles. The van der Waals surface area contributed by atoms with Gasteiger partial charge in [-0.25, -0.2) is 4.79 Å². The number of urea groups is 1. The first-order valence-corrected chi connectivity index (χ1v) is 6.78. The summed E-state index contributed by atoms with van der Waals surface area (Å²) >= 11 is 0. The Hall–Kier alpha value is -2.02. The molecule has 1 fully saturated rings. The summed E-state index contributed by atoms with van der Waals surface area (Å²) in [4.78, 5) is 14.0. The quantitative estimate of drug-likeness (QED) is 0.839. The van der Waals surface area contributed by atoms with Crippen LogP contribution in [-0.2, 0) is 0 Å². The number of hydrogen-bond donors (Lipinski definition) is 1. The maximum absolute atomic E-state index is 12.2. The lowest BCUT2D eigenvalue weighted by Gasteiger charge is -2.21. The number of hydrogen-bond acceptors (Lipinski definition) is 2. The smallest absolute Gasteiger partial charge is 0.321 e. The zero-order valence-electron chi connectivity index (χ0n) is 11.3. The molecular weight excluding hydrogens is 238 g/mol. The van der Waals surface area contributed by atoms with Crippen molar-refractivity contribution in [1.82, 2.24) is 4.90 Å². The Kier molecular flexibility index (Phi) is 4.40. The van der Waals surface area contributed by atoms with Gasteiger partial charge < -0.3 is 10.2 Å². The van der Waals surface area contributed by atoms with E-state index >= 15 is 0 Å². The van der Waals surface area contributed by atoms with Gasteiger partial charge in [0.2, 0.25) is 0 Å². The van der Waals surface area contributed by atoms with Crippen molar-refractivity contribution in [1.29, 1.82) is 5.26 Å². The number of benzene rings is 1. The number of aryl methyl sites for hydroxylation is 1. The fraction of sp³-hybridized carbons (Fsp3) is 0.467. The normalized spacial score (nSPS) is 15.5. The van der Waals surface area contributed by atoms with Gasteiger partial charge in [-0.2, -0.15) is 5.26 Å². The highest BCUT2D eigenvalue weighted by atomic mass is 16.2. The molecule has 4 heteroatoms. The third-order valence-corrected chi connectivity index (χ3v) is 3.52. The van der Waals surface area contributed by atoms with Crippen LogP contribution in [0.15, 0.2) is 18.2 Å². The van der Waals surface area contributed by atoms with Crippen molar-refractivity contribution in [2.75, 3.05) is 18.4 Å². The van der Waals surface area contributed by atoms with Gasteiger partial charge in [0.15, 0.2) is 0 Å². The molecule has 2 amide bonds. The molecule has 2 rings (SSSR count). The molecule has 0 radical (unpaired) electrons. The van der Waals surface area contributed by atoms with Crippen LogP contribution in [0.1, 0.15) is 36.8 Å². The molecule has 0 spiro atoms. The Morgan fingerprint density at radius 3 is 2.58 bits per heavy atom. The van der Waals surface area contributed by atoms with Gasteiger partial charge >= 0.3 is 6.03 Å². The summed E-state index contributed by atoms with van der Waals surface area (Å²) in [6.45, 7) is 3.49. The van der Waals surface area contributed by atoms with Crippen LogP contribution in [-0.4, -0.2) is 24.0 Å². The summed E-state index contributed by atoms with van der Waals surface area (Å²) in [7, 11) is 0. The van der Waals surface area contributed by atoms with Crippen LogP contribution in [0.4, 0.5) is 10.5 Å². The number of nitrogens with one attached hydrogen (secondary N) is 1. The maximum Gasteiger partial charge on any atom is 0.321 e. The van der Waals surface area contributed by atoms with E-state index < -0.39 is 0 Å². The minimum Gasteiger partial charge on any atom is -0.325 e. The SMILES string of the molecule is Cc1cccc(NC(=O)N2CCCCCC2)c1C#N. The summed E-state index contributed by atoms with van der Waals surface area (Å²) < 4.78 is 0. The molecule has 0 aliphatic carbocycles. The van der Waals surface area contributed by atoms with Gasteiger partial charge in [0.1, 0.15) is 6.07 Å². The van der Waals surface area contributed by atoms with Gasteiger partial charge in [0.05, 0.1) is 11.3 Å². The number of carbonyl (C=O) groups is 1. The number of likely N-dealkylation sites (tertiary alicyclic amines) is 1. The molecule has 100 valence electrons. The highest BCUT2D eigenvalue weighted by Gasteiger charge is 2.16. The van der Waals surface area contributed by atoms with E-state index in [1.54, 1.807) is 6.07 Å². The largest absolute Gasteiger partial charge is 0.325 e. The summed E-state index contributed by atoms with van der Waals surface area (Å²) in [6, 6.07) is 7.57. The number of carbonyl (C=O) groups excluding carboxylic acids is 1. The average molecular weight is 257 g/mol. The van der Waals surface area contributed by atoms with Gasteiger partial charge in [0, 0.05) is 13.1 Å². The molecule has 1 N–H and O–H groups in total. The second-order valence-corrected chi connectivity index (χ2v) is 4.94. The molecule has 1 aromatic carbocycles.